The largest absolute Gasteiger partial charge is 0.493 e. The van der Waals surface area contributed by atoms with E-state index in [1.807, 2.05) is 62.4 Å². The number of aromatic nitrogens is 3. The van der Waals surface area contributed by atoms with Crippen LogP contribution in [-0.4, -0.2) is 32.6 Å². The van der Waals surface area contributed by atoms with Gasteiger partial charge in [-0.15, -0.1) is 0 Å². The number of hydrogen-bond donors (Lipinski definition) is 1. The quantitative estimate of drug-likeness (QED) is 0.386. The highest BCUT2D eigenvalue weighted by Gasteiger charge is 2.13. The summed E-state index contributed by atoms with van der Waals surface area (Å²) in [5.74, 6) is 1.29. The second-order valence-electron chi connectivity index (χ2n) is 7.78. The molecule has 0 aliphatic rings. The highest BCUT2D eigenvalue weighted by molar-refractivity contribution is 5.67. The van der Waals surface area contributed by atoms with Crippen LogP contribution in [0.15, 0.2) is 65.5 Å². The molecule has 2 aromatic carbocycles. The van der Waals surface area contributed by atoms with E-state index in [1.165, 1.54) is 6.33 Å². The molecule has 1 N–H and O–H groups in total. The molecule has 4 aromatic rings. The summed E-state index contributed by atoms with van der Waals surface area (Å²) >= 11 is 0. The molecule has 0 saturated carbocycles. The van der Waals surface area contributed by atoms with Crippen LogP contribution in [0.1, 0.15) is 29.0 Å². The van der Waals surface area contributed by atoms with E-state index in [4.69, 9.17) is 14.3 Å². The van der Waals surface area contributed by atoms with Gasteiger partial charge in [0, 0.05) is 30.2 Å². The Balaban J connectivity index is 1.40. The van der Waals surface area contributed by atoms with Gasteiger partial charge in [-0.1, -0.05) is 18.2 Å². The molecule has 0 radical (unpaired) electrons. The predicted octanol–water partition coefficient (Wildman–Crippen LogP) is 5.05. The molecule has 0 aliphatic carbocycles. The third-order valence-corrected chi connectivity index (χ3v) is 5.41. The van der Waals surface area contributed by atoms with Gasteiger partial charge in [-0.2, -0.15) is 0 Å². The summed E-state index contributed by atoms with van der Waals surface area (Å²) < 4.78 is 11.8. The predicted molar refractivity (Wildman–Crippen MR) is 124 cm³/mol. The molecular weight excluding hydrogens is 418 g/mol. The molecule has 0 atom stereocenters. The normalized spacial score (nSPS) is 10.8. The average Bonchev–Trinajstić information content (AvgIpc) is 3.19. The number of ether oxygens (including phenoxy) is 1. The number of carboxylic acid groups (broad SMARTS) is 1. The Bertz CT molecular complexity index is 1250. The van der Waals surface area contributed by atoms with Gasteiger partial charge in [0.15, 0.2) is 0 Å². The van der Waals surface area contributed by atoms with Crippen LogP contribution < -0.4 is 4.74 Å². The highest BCUT2D eigenvalue weighted by Crippen LogP contribution is 2.26. The van der Waals surface area contributed by atoms with Gasteiger partial charge in [-0.05, 0) is 61.7 Å². The number of aliphatic carboxylic acids is 1. The highest BCUT2D eigenvalue weighted by atomic mass is 16.5. The Labute approximate surface area is 192 Å². The van der Waals surface area contributed by atoms with Gasteiger partial charge in [-0.3, -0.25) is 4.79 Å². The number of carboxylic acids is 1. The van der Waals surface area contributed by atoms with Gasteiger partial charge in [0.2, 0.25) is 5.89 Å². The number of hydrogen-bond acceptors (Lipinski definition) is 6. The maximum Gasteiger partial charge on any atom is 0.303 e. The minimum atomic E-state index is -0.794. The van der Waals surface area contributed by atoms with Gasteiger partial charge in [0.25, 0.3) is 0 Å². The lowest BCUT2D eigenvalue weighted by molar-refractivity contribution is -0.136. The summed E-state index contributed by atoms with van der Waals surface area (Å²) in [5.41, 5.74) is 5.59. The van der Waals surface area contributed by atoms with Crippen LogP contribution in [0.3, 0.4) is 0 Å². The number of oxazole rings is 1. The fourth-order valence-corrected chi connectivity index (χ4v) is 3.60. The van der Waals surface area contributed by atoms with Crippen LogP contribution in [0.25, 0.3) is 22.7 Å². The van der Waals surface area contributed by atoms with Crippen molar-refractivity contribution in [1.82, 2.24) is 15.0 Å². The lowest BCUT2D eigenvalue weighted by Crippen LogP contribution is -2.04. The molecular formula is C26H25N3O4. The smallest absolute Gasteiger partial charge is 0.303 e. The number of aryl methyl sites for hydroxylation is 3. The first-order chi connectivity index (χ1) is 16.0. The fourth-order valence-electron chi connectivity index (χ4n) is 3.60. The van der Waals surface area contributed by atoms with Crippen LogP contribution in [0, 0.1) is 13.8 Å². The van der Waals surface area contributed by atoms with Crippen LogP contribution in [0.2, 0.25) is 0 Å². The van der Waals surface area contributed by atoms with Crippen molar-refractivity contribution in [2.75, 3.05) is 6.61 Å². The maximum atomic E-state index is 10.8. The van der Waals surface area contributed by atoms with Gasteiger partial charge >= 0.3 is 5.97 Å². The zero-order valence-corrected chi connectivity index (χ0v) is 18.6. The third kappa shape index (κ3) is 5.63. The molecule has 0 saturated heterocycles. The molecule has 2 aromatic heterocycles. The van der Waals surface area contributed by atoms with Crippen LogP contribution >= 0.6 is 0 Å². The van der Waals surface area contributed by atoms with Crippen molar-refractivity contribution in [3.63, 3.8) is 0 Å². The van der Waals surface area contributed by atoms with Crippen LogP contribution in [0.5, 0.6) is 5.75 Å². The third-order valence-electron chi connectivity index (χ3n) is 5.41. The summed E-state index contributed by atoms with van der Waals surface area (Å²) in [7, 11) is 0. The molecule has 0 amide bonds. The summed E-state index contributed by atoms with van der Waals surface area (Å²) in [4.78, 5) is 23.7. The molecule has 7 heteroatoms. The Morgan fingerprint density at radius 3 is 2.67 bits per heavy atom. The molecule has 0 spiro atoms. The standard InChI is InChI=1S/C26H25N3O4/c1-17-14-22(8-6-19(17)7-9-25(30)31)32-13-11-23-18(2)33-26(29-23)21-5-3-4-20(15-21)24-10-12-27-16-28-24/h3-6,8,10,12,14-16H,7,9,11,13H2,1-2H3,(H,30,31). The van der Waals surface area contributed by atoms with E-state index in [-0.39, 0.29) is 6.42 Å². The zero-order valence-electron chi connectivity index (χ0n) is 18.6. The van der Waals surface area contributed by atoms with Gasteiger partial charge < -0.3 is 14.3 Å². The maximum absolute atomic E-state index is 10.8. The van der Waals surface area contributed by atoms with Crippen molar-refractivity contribution in [1.29, 1.82) is 0 Å². The first-order valence-electron chi connectivity index (χ1n) is 10.8. The minimum Gasteiger partial charge on any atom is -0.493 e. The number of benzene rings is 2. The molecule has 4 rings (SSSR count). The van der Waals surface area contributed by atoms with Crippen molar-refractivity contribution in [2.45, 2.75) is 33.1 Å². The Hall–Kier alpha value is -4.00. The number of nitrogens with zero attached hydrogens (tertiary/aromatic N) is 3. The summed E-state index contributed by atoms with van der Waals surface area (Å²) in [6.07, 6.45) is 4.49. The zero-order chi connectivity index (χ0) is 23.2. The summed E-state index contributed by atoms with van der Waals surface area (Å²) in [6.45, 7) is 4.33. The molecule has 33 heavy (non-hydrogen) atoms. The lowest BCUT2D eigenvalue weighted by Gasteiger charge is -2.09. The fraction of sp³-hybridized carbons (Fsp3) is 0.231. The van der Waals surface area contributed by atoms with E-state index in [1.54, 1.807) is 6.20 Å². The van der Waals surface area contributed by atoms with E-state index < -0.39 is 5.97 Å². The van der Waals surface area contributed by atoms with Crippen molar-refractivity contribution in [2.24, 2.45) is 0 Å². The molecule has 0 unspecified atom stereocenters. The van der Waals surface area contributed by atoms with Crippen molar-refractivity contribution in [3.8, 4) is 28.5 Å². The number of carbonyl (C=O) groups is 1. The second kappa shape index (κ2) is 10.1. The number of rotatable bonds is 9. The minimum absolute atomic E-state index is 0.122. The van der Waals surface area contributed by atoms with E-state index in [9.17, 15) is 4.79 Å². The second-order valence-corrected chi connectivity index (χ2v) is 7.78. The Kier molecular flexibility index (Phi) is 6.78. The monoisotopic (exact) mass is 443 g/mol. The Morgan fingerprint density at radius 2 is 1.91 bits per heavy atom. The van der Waals surface area contributed by atoms with Gasteiger partial charge in [0.1, 0.15) is 17.8 Å². The average molecular weight is 444 g/mol. The van der Waals surface area contributed by atoms with Crippen molar-refractivity contribution in [3.05, 3.63) is 83.6 Å². The van der Waals surface area contributed by atoms with Crippen molar-refractivity contribution >= 4 is 5.97 Å². The van der Waals surface area contributed by atoms with E-state index in [0.717, 1.165) is 45.2 Å². The first-order valence-corrected chi connectivity index (χ1v) is 10.8. The van der Waals surface area contributed by atoms with Crippen LogP contribution in [0.4, 0.5) is 0 Å². The molecule has 168 valence electrons. The SMILES string of the molecule is Cc1cc(OCCc2nc(-c3cccc(-c4ccncn4)c3)oc2C)ccc1CCC(=O)O. The van der Waals surface area contributed by atoms with E-state index >= 15 is 0 Å². The van der Waals surface area contributed by atoms with E-state index in [0.29, 0.717) is 25.3 Å². The molecule has 0 fully saturated rings. The Morgan fingerprint density at radius 1 is 1.06 bits per heavy atom. The van der Waals surface area contributed by atoms with Gasteiger partial charge in [0.05, 0.1) is 18.0 Å². The topological polar surface area (TPSA) is 98.3 Å². The molecule has 7 nitrogen and oxygen atoms in total. The van der Waals surface area contributed by atoms with Gasteiger partial charge in [-0.25, -0.2) is 15.0 Å². The lowest BCUT2D eigenvalue weighted by atomic mass is 10.0. The molecule has 0 aliphatic heterocycles. The van der Waals surface area contributed by atoms with E-state index in [2.05, 4.69) is 15.0 Å². The molecule has 2 heterocycles. The summed E-state index contributed by atoms with van der Waals surface area (Å²) in [6, 6.07) is 15.5. The molecule has 0 bridgehead atoms. The van der Waals surface area contributed by atoms with Crippen molar-refractivity contribution < 1.29 is 19.1 Å². The first kappa shape index (κ1) is 22.2. The summed E-state index contributed by atoms with van der Waals surface area (Å²) in [5, 5.41) is 8.86. The van der Waals surface area contributed by atoms with Crippen LogP contribution in [-0.2, 0) is 17.6 Å².